The number of thioether (sulfide) groups is 1. The average Bonchev–Trinajstić information content (AvgIpc) is 2.52. The van der Waals surface area contributed by atoms with Gasteiger partial charge in [-0.1, -0.05) is 42.1 Å². The minimum atomic E-state index is -5.86. The standard InChI is InChI=1S/C14H12F8OS/c15-9(13(18,19)10(16)11(17)14(20,21)22)6-7-24-12(23)8-4-2-1-3-5-8/h1-5,9-11H,6-7H2. The van der Waals surface area contributed by atoms with Crippen molar-refractivity contribution in [1.82, 2.24) is 0 Å². The summed E-state index contributed by atoms with van der Waals surface area (Å²) in [6.45, 7) is 0. The molecule has 0 aliphatic heterocycles. The van der Waals surface area contributed by atoms with Gasteiger partial charge in [0, 0.05) is 11.3 Å². The predicted molar refractivity (Wildman–Crippen MR) is 73.5 cm³/mol. The van der Waals surface area contributed by atoms with Gasteiger partial charge in [0.15, 0.2) is 6.17 Å². The molecule has 0 heterocycles. The molecule has 1 nitrogen and oxygen atoms in total. The van der Waals surface area contributed by atoms with E-state index in [4.69, 9.17) is 0 Å². The molecule has 10 heteroatoms. The Morgan fingerprint density at radius 2 is 1.50 bits per heavy atom. The number of carbonyl (C=O) groups excluding carboxylic acids is 1. The van der Waals surface area contributed by atoms with Crippen molar-refractivity contribution in [2.24, 2.45) is 0 Å². The van der Waals surface area contributed by atoms with E-state index in [1.165, 1.54) is 24.3 Å². The maximum atomic E-state index is 13.4. The lowest BCUT2D eigenvalue weighted by Crippen LogP contribution is -2.49. The Hall–Kier alpha value is -1.32. The predicted octanol–water partition coefficient (Wildman–Crippen LogP) is 5.16. The molecule has 24 heavy (non-hydrogen) atoms. The summed E-state index contributed by atoms with van der Waals surface area (Å²) in [5.74, 6) is -5.69. The highest BCUT2D eigenvalue weighted by Crippen LogP contribution is 2.38. The van der Waals surface area contributed by atoms with Crippen LogP contribution in [0.15, 0.2) is 30.3 Å². The molecule has 0 saturated carbocycles. The number of alkyl halides is 8. The zero-order valence-electron chi connectivity index (χ0n) is 11.9. The first-order valence-electron chi connectivity index (χ1n) is 6.56. The summed E-state index contributed by atoms with van der Waals surface area (Å²) < 4.78 is 101. The van der Waals surface area contributed by atoms with Gasteiger partial charge in [0.2, 0.25) is 17.5 Å². The third-order valence-corrected chi connectivity index (χ3v) is 3.91. The number of halogens is 8. The molecular weight excluding hydrogens is 368 g/mol. The molecule has 0 spiro atoms. The van der Waals surface area contributed by atoms with E-state index in [1.54, 1.807) is 6.07 Å². The molecule has 0 N–H and O–H groups in total. The molecule has 0 aliphatic rings. The van der Waals surface area contributed by atoms with Crippen molar-refractivity contribution < 1.29 is 39.9 Å². The van der Waals surface area contributed by atoms with Crippen LogP contribution in [0.3, 0.4) is 0 Å². The van der Waals surface area contributed by atoms with Crippen LogP contribution in [0.25, 0.3) is 0 Å². The van der Waals surface area contributed by atoms with Gasteiger partial charge in [0.1, 0.15) is 0 Å². The number of benzene rings is 1. The second kappa shape index (κ2) is 8.17. The van der Waals surface area contributed by atoms with Crippen LogP contribution >= 0.6 is 11.8 Å². The molecular formula is C14H12F8OS. The van der Waals surface area contributed by atoms with Crippen molar-refractivity contribution >= 4 is 16.9 Å². The van der Waals surface area contributed by atoms with Crippen molar-refractivity contribution in [3.63, 3.8) is 0 Å². The van der Waals surface area contributed by atoms with Crippen molar-refractivity contribution in [2.75, 3.05) is 5.75 Å². The number of hydrogen-bond acceptors (Lipinski definition) is 2. The Morgan fingerprint density at radius 1 is 0.958 bits per heavy atom. The van der Waals surface area contributed by atoms with Gasteiger partial charge in [-0.2, -0.15) is 13.2 Å². The maximum absolute atomic E-state index is 13.4. The highest BCUT2D eigenvalue weighted by molar-refractivity contribution is 8.14. The molecule has 3 atom stereocenters. The lowest BCUT2D eigenvalue weighted by atomic mass is 10.0. The SMILES string of the molecule is O=C(SCCC(F)C(F)(F)C(F)C(F)C(F)(F)F)c1ccccc1. The van der Waals surface area contributed by atoms with E-state index < -0.39 is 47.9 Å². The van der Waals surface area contributed by atoms with Gasteiger partial charge in [-0.15, -0.1) is 0 Å². The van der Waals surface area contributed by atoms with Crippen molar-refractivity contribution in [3.8, 4) is 0 Å². The summed E-state index contributed by atoms with van der Waals surface area (Å²) in [4.78, 5) is 11.6. The molecule has 1 aromatic carbocycles. The van der Waals surface area contributed by atoms with Crippen molar-refractivity contribution in [1.29, 1.82) is 0 Å². The van der Waals surface area contributed by atoms with E-state index in [-0.39, 0.29) is 5.56 Å². The molecule has 0 aliphatic carbocycles. The summed E-state index contributed by atoms with van der Waals surface area (Å²) in [6.07, 6.45) is -19.2. The minimum Gasteiger partial charge on any atom is -0.282 e. The van der Waals surface area contributed by atoms with Gasteiger partial charge in [0.25, 0.3) is 0 Å². The number of hydrogen-bond donors (Lipinski definition) is 0. The largest absolute Gasteiger partial charge is 0.422 e. The van der Waals surface area contributed by atoms with Gasteiger partial charge in [-0.25, -0.2) is 22.0 Å². The zero-order valence-corrected chi connectivity index (χ0v) is 12.7. The molecule has 0 amide bonds. The summed E-state index contributed by atoms with van der Waals surface area (Å²) >= 11 is 0.449. The van der Waals surface area contributed by atoms with Gasteiger partial charge in [-0.3, -0.25) is 4.79 Å². The molecule has 136 valence electrons. The fourth-order valence-corrected chi connectivity index (χ4v) is 2.45. The monoisotopic (exact) mass is 380 g/mol. The van der Waals surface area contributed by atoms with E-state index in [1.807, 2.05) is 0 Å². The summed E-state index contributed by atoms with van der Waals surface area (Å²) in [6, 6.07) is 7.53. The third kappa shape index (κ3) is 5.35. The Labute approximate surface area is 136 Å². The Morgan fingerprint density at radius 3 is 2.00 bits per heavy atom. The lowest BCUT2D eigenvalue weighted by Gasteiger charge is -2.27. The van der Waals surface area contributed by atoms with Crippen LogP contribution in [0, 0.1) is 0 Å². The molecule has 3 unspecified atom stereocenters. The highest BCUT2D eigenvalue weighted by Gasteiger charge is 2.59. The Balaban J connectivity index is 2.57. The third-order valence-electron chi connectivity index (χ3n) is 2.97. The van der Waals surface area contributed by atoms with Gasteiger partial charge < -0.3 is 0 Å². The van der Waals surface area contributed by atoms with Gasteiger partial charge in [-0.05, 0) is 6.42 Å². The molecule has 0 bridgehead atoms. The first kappa shape index (κ1) is 20.7. The van der Waals surface area contributed by atoms with Crippen LogP contribution < -0.4 is 0 Å². The molecule has 0 radical (unpaired) electrons. The normalized spacial score (nSPS) is 16.5. The van der Waals surface area contributed by atoms with Crippen LogP contribution in [0.4, 0.5) is 35.1 Å². The Bertz CT molecular complexity index is 533. The van der Waals surface area contributed by atoms with E-state index >= 15 is 0 Å². The maximum Gasteiger partial charge on any atom is 0.422 e. The molecule has 0 fully saturated rings. The summed E-state index contributed by atoms with van der Waals surface area (Å²) in [5, 5.41) is -0.568. The van der Waals surface area contributed by atoms with E-state index in [0.29, 0.717) is 11.8 Å². The van der Waals surface area contributed by atoms with Crippen molar-refractivity contribution in [3.05, 3.63) is 35.9 Å². The zero-order chi connectivity index (χ0) is 18.5. The van der Waals surface area contributed by atoms with Gasteiger partial charge >= 0.3 is 12.1 Å². The van der Waals surface area contributed by atoms with Crippen LogP contribution in [0.5, 0.6) is 0 Å². The first-order valence-corrected chi connectivity index (χ1v) is 7.55. The number of rotatable bonds is 7. The second-order valence-corrected chi connectivity index (χ2v) is 5.85. The van der Waals surface area contributed by atoms with E-state index in [9.17, 15) is 39.9 Å². The molecule has 0 aromatic heterocycles. The molecule has 1 rings (SSSR count). The quantitative estimate of drug-likeness (QED) is 0.608. The average molecular weight is 380 g/mol. The highest BCUT2D eigenvalue weighted by atomic mass is 32.2. The molecule has 1 aromatic rings. The topological polar surface area (TPSA) is 17.1 Å². The van der Waals surface area contributed by atoms with Gasteiger partial charge in [0.05, 0.1) is 0 Å². The fraction of sp³-hybridized carbons (Fsp3) is 0.500. The fourth-order valence-electron chi connectivity index (χ4n) is 1.64. The van der Waals surface area contributed by atoms with Crippen LogP contribution in [0.1, 0.15) is 16.8 Å². The van der Waals surface area contributed by atoms with E-state index in [2.05, 4.69) is 0 Å². The Kier molecular flexibility index (Phi) is 7.06. The summed E-state index contributed by atoms with van der Waals surface area (Å²) in [5.41, 5.74) is 0.217. The van der Waals surface area contributed by atoms with Crippen LogP contribution in [0.2, 0.25) is 0 Å². The second-order valence-electron chi connectivity index (χ2n) is 4.78. The first-order chi connectivity index (χ1) is 11.0. The minimum absolute atomic E-state index is 0.217. The van der Waals surface area contributed by atoms with Crippen LogP contribution in [-0.4, -0.2) is 41.5 Å². The van der Waals surface area contributed by atoms with E-state index in [0.717, 1.165) is 0 Å². The number of carbonyl (C=O) groups is 1. The smallest absolute Gasteiger partial charge is 0.282 e. The lowest BCUT2D eigenvalue weighted by molar-refractivity contribution is -0.236. The van der Waals surface area contributed by atoms with Crippen LogP contribution in [-0.2, 0) is 0 Å². The summed E-state index contributed by atoms with van der Waals surface area (Å²) in [7, 11) is 0. The van der Waals surface area contributed by atoms with Crippen molar-refractivity contribution in [2.45, 2.75) is 37.0 Å². The molecule has 0 saturated heterocycles.